The Labute approximate surface area is 184 Å². The third-order valence-corrected chi connectivity index (χ3v) is 6.28. The number of amides is 1. The highest BCUT2D eigenvalue weighted by Crippen LogP contribution is 2.32. The number of anilines is 1. The van der Waals surface area contributed by atoms with Crippen LogP contribution < -0.4 is 9.64 Å². The Morgan fingerprint density at radius 1 is 1.19 bits per heavy atom. The molecule has 0 spiro atoms. The Bertz CT molecular complexity index is 933. The molecular weight excluding hydrogens is 392 g/mol. The minimum Gasteiger partial charge on any atom is -0.497 e. The number of methoxy groups -OCH3 is 2. The van der Waals surface area contributed by atoms with Crippen molar-refractivity contribution in [2.45, 2.75) is 45.1 Å². The van der Waals surface area contributed by atoms with Crippen LogP contribution in [0.5, 0.6) is 5.75 Å². The average molecular weight is 425 g/mol. The quantitative estimate of drug-likeness (QED) is 0.710. The summed E-state index contributed by atoms with van der Waals surface area (Å²) in [4.78, 5) is 26.5. The molecule has 0 bridgehead atoms. The fourth-order valence-electron chi connectivity index (χ4n) is 4.67. The standard InChI is InChI=1S/C24H32N4O3/c1-17-21-10-6-12-28(14-18-7-4-9-20(13-18)31-3)24(21)26-23(25-17)19-8-5-11-27(15-19)22(29)16-30-2/h4,7,9,13,19H,5-6,8,10-12,14-16H2,1-3H3/t19-/m1/s1. The molecule has 1 amide bonds. The molecule has 2 aliphatic rings. The number of benzene rings is 1. The molecular formula is C24H32N4O3. The van der Waals surface area contributed by atoms with Crippen molar-refractivity contribution >= 4 is 11.7 Å². The zero-order valence-electron chi connectivity index (χ0n) is 18.8. The molecule has 1 saturated heterocycles. The molecule has 3 heterocycles. The lowest BCUT2D eigenvalue weighted by Gasteiger charge is -2.34. The number of likely N-dealkylation sites (tertiary alicyclic amines) is 1. The molecule has 0 radical (unpaired) electrons. The van der Waals surface area contributed by atoms with Crippen LogP contribution in [0.4, 0.5) is 5.82 Å². The maximum absolute atomic E-state index is 12.3. The Morgan fingerprint density at radius 2 is 2.06 bits per heavy atom. The second-order valence-electron chi connectivity index (χ2n) is 8.46. The highest BCUT2D eigenvalue weighted by atomic mass is 16.5. The molecule has 1 atom stereocenters. The number of aryl methyl sites for hydroxylation is 1. The van der Waals surface area contributed by atoms with Gasteiger partial charge in [0.1, 0.15) is 24.0 Å². The van der Waals surface area contributed by atoms with Crippen molar-refractivity contribution in [2.24, 2.45) is 0 Å². The average Bonchev–Trinajstić information content (AvgIpc) is 2.80. The van der Waals surface area contributed by atoms with Gasteiger partial charge >= 0.3 is 0 Å². The first-order chi connectivity index (χ1) is 15.1. The van der Waals surface area contributed by atoms with Gasteiger partial charge in [-0.1, -0.05) is 12.1 Å². The number of carbonyl (C=O) groups excluding carboxylic acids is 1. The predicted molar refractivity (Wildman–Crippen MR) is 120 cm³/mol. The van der Waals surface area contributed by atoms with E-state index in [9.17, 15) is 4.79 Å². The van der Waals surface area contributed by atoms with Gasteiger partial charge in [0.25, 0.3) is 0 Å². The summed E-state index contributed by atoms with van der Waals surface area (Å²) in [5.41, 5.74) is 3.52. The number of aromatic nitrogens is 2. The summed E-state index contributed by atoms with van der Waals surface area (Å²) in [7, 11) is 3.26. The third kappa shape index (κ3) is 4.82. The zero-order chi connectivity index (χ0) is 21.8. The van der Waals surface area contributed by atoms with Crippen LogP contribution in [0.25, 0.3) is 0 Å². The van der Waals surface area contributed by atoms with Crippen LogP contribution in [-0.2, 0) is 22.5 Å². The third-order valence-electron chi connectivity index (χ3n) is 6.28. The van der Waals surface area contributed by atoms with Gasteiger partial charge in [0.15, 0.2) is 0 Å². The smallest absolute Gasteiger partial charge is 0.248 e. The van der Waals surface area contributed by atoms with Crippen LogP contribution in [0.15, 0.2) is 24.3 Å². The van der Waals surface area contributed by atoms with Crippen LogP contribution in [0, 0.1) is 6.92 Å². The van der Waals surface area contributed by atoms with E-state index in [2.05, 4.69) is 24.0 Å². The summed E-state index contributed by atoms with van der Waals surface area (Å²) in [6, 6.07) is 8.22. The molecule has 1 aromatic heterocycles. The van der Waals surface area contributed by atoms with Gasteiger partial charge in [0.05, 0.1) is 7.11 Å². The van der Waals surface area contributed by atoms with Crippen molar-refractivity contribution in [1.82, 2.24) is 14.9 Å². The van der Waals surface area contributed by atoms with E-state index in [0.717, 1.165) is 68.4 Å². The van der Waals surface area contributed by atoms with E-state index in [1.807, 2.05) is 17.0 Å². The molecule has 7 heteroatoms. The van der Waals surface area contributed by atoms with Crippen molar-refractivity contribution in [1.29, 1.82) is 0 Å². The molecule has 0 N–H and O–H groups in total. The monoisotopic (exact) mass is 424 g/mol. The Morgan fingerprint density at radius 3 is 2.87 bits per heavy atom. The maximum Gasteiger partial charge on any atom is 0.248 e. The SMILES string of the molecule is COCC(=O)N1CCC[C@@H](c2nc(C)c3c(n2)N(Cc2cccc(OC)c2)CCC3)C1. The molecule has 1 aromatic carbocycles. The molecule has 7 nitrogen and oxygen atoms in total. The number of hydrogen-bond donors (Lipinski definition) is 0. The lowest BCUT2D eigenvalue weighted by atomic mass is 9.96. The van der Waals surface area contributed by atoms with E-state index in [0.29, 0.717) is 6.54 Å². The van der Waals surface area contributed by atoms with Crippen molar-refractivity contribution in [3.8, 4) is 5.75 Å². The van der Waals surface area contributed by atoms with Gasteiger partial charge in [-0.05, 0) is 50.3 Å². The lowest BCUT2D eigenvalue weighted by Crippen LogP contribution is -2.41. The first-order valence-electron chi connectivity index (χ1n) is 11.1. The minimum absolute atomic E-state index is 0.0431. The molecule has 0 aliphatic carbocycles. The van der Waals surface area contributed by atoms with Gasteiger partial charge < -0.3 is 19.3 Å². The highest BCUT2D eigenvalue weighted by Gasteiger charge is 2.29. The molecule has 0 unspecified atom stereocenters. The number of hydrogen-bond acceptors (Lipinski definition) is 6. The van der Waals surface area contributed by atoms with Gasteiger partial charge in [0, 0.05) is 50.5 Å². The fourth-order valence-corrected chi connectivity index (χ4v) is 4.67. The summed E-state index contributed by atoms with van der Waals surface area (Å²) in [5, 5.41) is 0. The van der Waals surface area contributed by atoms with E-state index >= 15 is 0 Å². The van der Waals surface area contributed by atoms with Crippen molar-refractivity contribution < 1.29 is 14.3 Å². The maximum atomic E-state index is 12.3. The normalized spacial score (nSPS) is 18.6. The molecule has 31 heavy (non-hydrogen) atoms. The summed E-state index contributed by atoms with van der Waals surface area (Å²) in [6.07, 6.45) is 4.08. The number of piperidine rings is 1. The van der Waals surface area contributed by atoms with Crippen LogP contribution in [0.1, 0.15) is 47.8 Å². The lowest BCUT2D eigenvalue weighted by molar-refractivity contribution is -0.136. The van der Waals surface area contributed by atoms with Crippen LogP contribution in [0.2, 0.25) is 0 Å². The van der Waals surface area contributed by atoms with E-state index in [-0.39, 0.29) is 18.4 Å². The summed E-state index contributed by atoms with van der Waals surface area (Å²) in [6.45, 7) is 5.44. The second-order valence-corrected chi connectivity index (χ2v) is 8.46. The van der Waals surface area contributed by atoms with Gasteiger partial charge in [-0.2, -0.15) is 0 Å². The summed E-state index contributed by atoms with van der Waals surface area (Å²) in [5.74, 6) is 3.00. The Kier molecular flexibility index (Phi) is 6.70. The molecule has 2 aromatic rings. The number of rotatable bonds is 6. The van der Waals surface area contributed by atoms with E-state index in [1.54, 1.807) is 14.2 Å². The minimum atomic E-state index is 0.0431. The topological polar surface area (TPSA) is 67.8 Å². The van der Waals surface area contributed by atoms with Crippen LogP contribution in [0.3, 0.4) is 0 Å². The Balaban J connectivity index is 1.59. The molecule has 4 rings (SSSR count). The van der Waals surface area contributed by atoms with Crippen molar-refractivity contribution in [2.75, 3.05) is 45.4 Å². The zero-order valence-corrected chi connectivity index (χ0v) is 18.8. The largest absolute Gasteiger partial charge is 0.497 e. The van der Waals surface area contributed by atoms with E-state index < -0.39 is 0 Å². The molecule has 1 fully saturated rings. The highest BCUT2D eigenvalue weighted by molar-refractivity contribution is 5.77. The molecule has 0 saturated carbocycles. The van der Waals surface area contributed by atoms with E-state index in [1.165, 1.54) is 11.1 Å². The molecule has 166 valence electrons. The van der Waals surface area contributed by atoms with Gasteiger partial charge in [0.2, 0.25) is 5.91 Å². The first kappa shape index (κ1) is 21.6. The second kappa shape index (κ2) is 9.64. The predicted octanol–water partition coefficient (Wildman–Crippen LogP) is 3.10. The number of ether oxygens (including phenoxy) is 2. The van der Waals surface area contributed by atoms with Crippen LogP contribution in [-0.4, -0.2) is 61.2 Å². The summed E-state index contributed by atoms with van der Waals surface area (Å²) >= 11 is 0. The van der Waals surface area contributed by atoms with Crippen molar-refractivity contribution in [3.63, 3.8) is 0 Å². The van der Waals surface area contributed by atoms with Crippen molar-refractivity contribution in [3.05, 3.63) is 46.9 Å². The molecule has 2 aliphatic heterocycles. The number of nitrogens with zero attached hydrogens (tertiary/aromatic N) is 4. The van der Waals surface area contributed by atoms with Crippen LogP contribution >= 0.6 is 0 Å². The van der Waals surface area contributed by atoms with E-state index in [4.69, 9.17) is 19.4 Å². The Hall–Kier alpha value is -2.67. The first-order valence-corrected chi connectivity index (χ1v) is 11.1. The van der Waals surface area contributed by atoms with Gasteiger partial charge in [-0.25, -0.2) is 9.97 Å². The fraction of sp³-hybridized carbons (Fsp3) is 0.542. The number of carbonyl (C=O) groups is 1. The van der Waals surface area contributed by atoms with Gasteiger partial charge in [-0.15, -0.1) is 0 Å². The summed E-state index contributed by atoms with van der Waals surface area (Å²) < 4.78 is 10.4. The number of fused-ring (bicyclic) bond motifs is 1. The van der Waals surface area contributed by atoms with Gasteiger partial charge in [-0.3, -0.25) is 4.79 Å².